The van der Waals surface area contributed by atoms with Crippen molar-refractivity contribution in [2.45, 2.75) is 11.8 Å². The summed E-state index contributed by atoms with van der Waals surface area (Å²) in [5.41, 5.74) is 4.13. The highest BCUT2D eigenvalue weighted by atomic mass is 35.5. The number of ether oxygens (including phenoxy) is 1. The van der Waals surface area contributed by atoms with E-state index < -0.39 is 22.5 Å². The van der Waals surface area contributed by atoms with E-state index in [4.69, 9.17) is 16.3 Å². The van der Waals surface area contributed by atoms with Crippen LogP contribution in [0.3, 0.4) is 0 Å². The minimum Gasteiger partial charge on any atom is -0.490 e. The van der Waals surface area contributed by atoms with Gasteiger partial charge in [-0.1, -0.05) is 60.7 Å². The van der Waals surface area contributed by atoms with Crippen LogP contribution in [0.15, 0.2) is 95.4 Å². The summed E-state index contributed by atoms with van der Waals surface area (Å²) in [4.78, 5) is 12.7. The fourth-order valence-electron chi connectivity index (χ4n) is 2.96. The van der Waals surface area contributed by atoms with E-state index >= 15 is 0 Å². The van der Waals surface area contributed by atoms with Crippen molar-refractivity contribution in [3.05, 3.63) is 102 Å². The zero-order valence-electron chi connectivity index (χ0n) is 18.5. The van der Waals surface area contributed by atoms with E-state index in [0.29, 0.717) is 22.9 Å². The van der Waals surface area contributed by atoms with Crippen LogP contribution in [-0.4, -0.2) is 33.7 Å². The molecule has 3 aromatic rings. The Kier molecular flexibility index (Phi) is 8.45. The lowest BCUT2D eigenvalue weighted by atomic mass is 10.2. The van der Waals surface area contributed by atoms with Gasteiger partial charge in [-0.25, -0.2) is 13.8 Å². The molecule has 0 radical (unpaired) electrons. The van der Waals surface area contributed by atoms with E-state index in [0.717, 1.165) is 9.87 Å². The molecule has 34 heavy (non-hydrogen) atoms. The summed E-state index contributed by atoms with van der Waals surface area (Å²) in [6.45, 7) is 5.29. The van der Waals surface area contributed by atoms with Gasteiger partial charge in [-0.2, -0.15) is 5.10 Å². The Hall–Kier alpha value is -3.62. The van der Waals surface area contributed by atoms with E-state index in [1.807, 2.05) is 0 Å². The third-order valence-corrected chi connectivity index (χ3v) is 6.89. The molecule has 0 spiro atoms. The largest absolute Gasteiger partial charge is 0.490 e. The van der Waals surface area contributed by atoms with Gasteiger partial charge in [0.05, 0.1) is 16.8 Å². The van der Waals surface area contributed by atoms with Gasteiger partial charge in [-0.3, -0.25) is 9.10 Å². The molecule has 0 saturated carbocycles. The predicted octanol–water partition coefficient (Wildman–Crippen LogP) is 4.56. The predicted molar refractivity (Wildman–Crippen MR) is 135 cm³/mol. The molecule has 0 aromatic heterocycles. The van der Waals surface area contributed by atoms with E-state index in [9.17, 15) is 13.2 Å². The lowest BCUT2D eigenvalue weighted by Gasteiger charge is -2.24. The molecule has 0 bridgehead atoms. The van der Waals surface area contributed by atoms with Gasteiger partial charge < -0.3 is 4.74 Å². The number of hydrogen-bond acceptors (Lipinski definition) is 5. The maximum atomic E-state index is 13.3. The average Bonchev–Trinajstić information content (AvgIpc) is 2.84. The van der Waals surface area contributed by atoms with Gasteiger partial charge in [0.15, 0.2) is 0 Å². The maximum Gasteiger partial charge on any atom is 0.264 e. The summed E-state index contributed by atoms with van der Waals surface area (Å²) < 4.78 is 33.1. The first kappa shape index (κ1) is 25.0. The molecule has 0 fully saturated rings. The van der Waals surface area contributed by atoms with E-state index in [-0.39, 0.29) is 10.6 Å². The smallest absolute Gasteiger partial charge is 0.264 e. The number of halogens is 1. The minimum absolute atomic E-state index is 0.0549. The van der Waals surface area contributed by atoms with Crippen LogP contribution < -0.4 is 14.5 Å². The quantitative estimate of drug-likeness (QED) is 0.253. The Labute approximate surface area is 204 Å². The molecule has 1 amide bonds. The Balaban J connectivity index is 1.80. The highest BCUT2D eigenvalue weighted by Gasteiger charge is 2.27. The number of rotatable bonds is 10. The molecule has 0 saturated heterocycles. The highest BCUT2D eigenvalue weighted by molar-refractivity contribution is 7.92. The van der Waals surface area contributed by atoms with Crippen molar-refractivity contribution in [3.8, 4) is 5.75 Å². The number of carbonyl (C=O) groups excluding carboxylic acids is 1. The molecule has 7 nitrogen and oxygen atoms in total. The molecule has 1 N–H and O–H groups in total. The lowest BCUT2D eigenvalue weighted by Crippen LogP contribution is -2.39. The molecular formula is C25H24ClN3O4S. The van der Waals surface area contributed by atoms with Crippen molar-refractivity contribution in [2.75, 3.05) is 17.5 Å². The van der Waals surface area contributed by atoms with Gasteiger partial charge >= 0.3 is 0 Å². The second-order valence-corrected chi connectivity index (χ2v) is 9.49. The highest BCUT2D eigenvalue weighted by Crippen LogP contribution is 2.27. The fourth-order valence-corrected chi connectivity index (χ4v) is 4.56. The average molecular weight is 498 g/mol. The topological polar surface area (TPSA) is 88.1 Å². The van der Waals surface area contributed by atoms with Crippen LogP contribution in [0.5, 0.6) is 5.75 Å². The van der Waals surface area contributed by atoms with Gasteiger partial charge in [0, 0.05) is 5.02 Å². The maximum absolute atomic E-state index is 13.3. The fraction of sp³-hybridized carbons (Fsp3) is 0.120. The molecule has 0 aliphatic heterocycles. The van der Waals surface area contributed by atoms with Gasteiger partial charge in [-0.05, 0) is 54.4 Å². The van der Waals surface area contributed by atoms with Gasteiger partial charge in [-0.15, -0.1) is 0 Å². The molecule has 0 aliphatic carbocycles. The molecule has 0 aliphatic rings. The summed E-state index contributed by atoms with van der Waals surface area (Å²) >= 11 is 6.23. The molecule has 3 rings (SSSR count). The zero-order valence-corrected chi connectivity index (χ0v) is 20.1. The number of amides is 1. The van der Waals surface area contributed by atoms with E-state index in [1.54, 1.807) is 67.6 Å². The minimum atomic E-state index is -4.03. The molecule has 3 aromatic carbocycles. The number of aryl methyl sites for hydroxylation is 1. The van der Waals surface area contributed by atoms with Crippen LogP contribution >= 0.6 is 11.6 Å². The summed E-state index contributed by atoms with van der Waals surface area (Å²) in [5.74, 6) is 0.0121. The van der Waals surface area contributed by atoms with Crippen molar-refractivity contribution >= 4 is 39.4 Å². The Morgan fingerprint density at radius 3 is 2.59 bits per heavy atom. The van der Waals surface area contributed by atoms with Crippen molar-refractivity contribution < 1.29 is 17.9 Å². The van der Waals surface area contributed by atoms with Gasteiger partial charge in [0.1, 0.15) is 18.9 Å². The number of nitrogens with one attached hydrogen (secondary N) is 1. The second-order valence-electron chi connectivity index (χ2n) is 7.22. The van der Waals surface area contributed by atoms with Crippen LogP contribution in [0, 0.1) is 6.92 Å². The molecule has 0 unspecified atom stereocenters. The van der Waals surface area contributed by atoms with Gasteiger partial charge in [0.25, 0.3) is 15.9 Å². The molecular weight excluding hydrogens is 474 g/mol. The first-order valence-corrected chi connectivity index (χ1v) is 12.1. The van der Waals surface area contributed by atoms with Crippen molar-refractivity contribution in [1.82, 2.24) is 5.43 Å². The van der Waals surface area contributed by atoms with Crippen LogP contribution in [0.1, 0.15) is 11.1 Å². The van der Waals surface area contributed by atoms with Crippen molar-refractivity contribution in [3.63, 3.8) is 0 Å². The van der Waals surface area contributed by atoms with Crippen LogP contribution in [0.25, 0.3) is 0 Å². The number of hydrogen-bond donors (Lipinski definition) is 1. The number of hydrazone groups is 1. The monoisotopic (exact) mass is 497 g/mol. The van der Waals surface area contributed by atoms with Crippen molar-refractivity contribution in [1.29, 1.82) is 0 Å². The van der Waals surface area contributed by atoms with E-state index in [1.165, 1.54) is 24.4 Å². The van der Waals surface area contributed by atoms with Gasteiger partial charge in [0.2, 0.25) is 0 Å². The first-order valence-electron chi connectivity index (χ1n) is 10.3. The standard InChI is InChI=1S/C25H24ClN3O4S/c1-3-14-33-22-9-7-8-20(15-22)17-27-28-25(30)18-29(21-13-12-19(2)24(26)16-21)34(31,32)23-10-5-4-6-11-23/h3-13,15-17H,1,14,18H2,2H3,(H,28,30)/b27-17-. The van der Waals surface area contributed by atoms with Crippen LogP contribution in [0.4, 0.5) is 5.69 Å². The second kappa shape index (κ2) is 11.5. The molecule has 0 atom stereocenters. The number of nitrogens with zero attached hydrogens (tertiary/aromatic N) is 2. The summed E-state index contributed by atoms with van der Waals surface area (Å²) in [7, 11) is -4.03. The SMILES string of the molecule is C=CCOc1cccc(/C=N\NC(=O)CN(c2ccc(C)c(Cl)c2)S(=O)(=O)c2ccccc2)c1. The third-order valence-electron chi connectivity index (χ3n) is 4.69. The first-order chi connectivity index (χ1) is 16.3. The third kappa shape index (κ3) is 6.46. The Bertz CT molecular complexity index is 1290. The van der Waals surface area contributed by atoms with Crippen LogP contribution in [0.2, 0.25) is 5.02 Å². The Morgan fingerprint density at radius 1 is 1.12 bits per heavy atom. The number of anilines is 1. The number of benzene rings is 3. The summed E-state index contributed by atoms with van der Waals surface area (Å²) in [6, 6.07) is 19.8. The van der Waals surface area contributed by atoms with Crippen molar-refractivity contribution in [2.24, 2.45) is 5.10 Å². The number of sulfonamides is 1. The zero-order chi connectivity index (χ0) is 24.6. The lowest BCUT2D eigenvalue weighted by molar-refractivity contribution is -0.119. The normalized spacial score (nSPS) is 11.2. The summed E-state index contributed by atoms with van der Waals surface area (Å²) in [5, 5.41) is 4.34. The Morgan fingerprint density at radius 2 is 1.88 bits per heavy atom. The molecule has 0 heterocycles. The molecule has 176 valence electrons. The molecule has 9 heteroatoms. The van der Waals surface area contributed by atoms with Crippen LogP contribution in [-0.2, 0) is 14.8 Å². The number of carbonyl (C=O) groups is 1. The van der Waals surface area contributed by atoms with E-state index in [2.05, 4.69) is 17.1 Å². The summed E-state index contributed by atoms with van der Waals surface area (Å²) in [6.07, 6.45) is 3.08.